The minimum Gasteiger partial charge on any atom is -0.393 e. The predicted molar refractivity (Wildman–Crippen MR) is 28.9 cm³/mol. The molecule has 0 bridgehead atoms. The maximum Gasteiger partial charge on any atom is 0.0932 e. The second-order valence-electron chi connectivity index (χ2n) is 2.43. The molecule has 1 N–H and O–H groups in total. The van der Waals surface area contributed by atoms with Crippen LogP contribution in [0.1, 0.15) is 25.7 Å². The van der Waals surface area contributed by atoms with Crippen molar-refractivity contribution in [3.8, 4) is 0 Å². The molecule has 0 unspecified atom stereocenters. The largest absolute Gasteiger partial charge is 0.393 e. The van der Waals surface area contributed by atoms with Crippen LogP contribution in [0.3, 0.4) is 0 Å². The highest BCUT2D eigenvalue weighted by Gasteiger charge is 2.17. The maximum atomic E-state index is 10.6. The highest BCUT2D eigenvalue weighted by Crippen LogP contribution is 2.17. The average Bonchev–Trinajstić information content (AvgIpc) is 1.77. The van der Waals surface area contributed by atoms with Gasteiger partial charge in [-0.05, 0) is 25.7 Å². The van der Waals surface area contributed by atoms with Crippen LogP contribution in [-0.2, 0) is 5.11 Å². The van der Waals surface area contributed by atoms with Crippen LogP contribution in [0.2, 0.25) is 0 Å². The van der Waals surface area contributed by atoms with Gasteiger partial charge in [0.15, 0.2) is 0 Å². The molecule has 1 fully saturated rings. The Morgan fingerprint density at radius 2 is 1.62 bits per heavy atom. The summed E-state index contributed by atoms with van der Waals surface area (Å²) >= 11 is 0. The monoisotopic (exact) mass is 115 g/mol. The summed E-state index contributed by atoms with van der Waals surface area (Å²) in [7, 11) is 0. The fourth-order valence-corrected chi connectivity index (χ4v) is 1.05. The Morgan fingerprint density at radius 1 is 1.12 bits per heavy atom. The Balaban J connectivity index is 2.19. The number of hydrogen-bond donors (Lipinski definition) is 1. The van der Waals surface area contributed by atoms with Gasteiger partial charge in [-0.1, -0.05) is 0 Å². The zero-order valence-corrected chi connectivity index (χ0v) is 4.84. The quantitative estimate of drug-likeness (QED) is 0.496. The van der Waals surface area contributed by atoms with E-state index >= 15 is 0 Å². The Bertz CT molecular complexity index is 54.9. The molecule has 0 amide bonds. The molecule has 2 heteroatoms. The first-order chi connectivity index (χ1) is 3.79. The van der Waals surface area contributed by atoms with Gasteiger partial charge in [0.25, 0.3) is 0 Å². The van der Waals surface area contributed by atoms with Crippen molar-refractivity contribution in [3.05, 3.63) is 0 Å². The molecule has 0 atom stereocenters. The highest BCUT2D eigenvalue weighted by molar-refractivity contribution is 4.69. The number of rotatable bonds is 0. The van der Waals surface area contributed by atoms with Crippen LogP contribution < -0.4 is 0 Å². The van der Waals surface area contributed by atoms with Crippen LogP contribution in [0.25, 0.3) is 0 Å². The molecule has 2 nitrogen and oxygen atoms in total. The summed E-state index contributed by atoms with van der Waals surface area (Å²) < 4.78 is 0. The van der Waals surface area contributed by atoms with Crippen molar-refractivity contribution in [3.63, 3.8) is 0 Å². The fraction of sp³-hybridized carbons (Fsp3) is 1.00. The van der Waals surface area contributed by atoms with E-state index in [2.05, 4.69) is 0 Å². The zero-order valence-electron chi connectivity index (χ0n) is 4.84. The van der Waals surface area contributed by atoms with Gasteiger partial charge in [0.2, 0.25) is 0 Å². The average molecular weight is 115 g/mol. The maximum absolute atomic E-state index is 10.6. The Morgan fingerprint density at radius 3 is 2.00 bits per heavy atom. The Kier molecular flexibility index (Phi) is 1.86. The smallest absolute Gasteiger partial charge is 0.0932 e. The third-order valence-electron chi connectivity index (χ3n) is 1.64. The second-order valence-corrected chi connectivity index (χ2v) is 2.43. The van der Waals surface area contributed by atoms with Gasteiger partial charge in [-0.25, -0.2) is 5.11 Å². The van der Waals surface area contributed by atoms with E-state index in [0.717, 1.165) is 0 Å². The van der Waals surface area contributed by atoms with E-state index in [1.165, 1.54) is 0 Å². The molecule has 47 valence electrons. The van der Waals surface area contributed by atoms with Crippen molar-refractivity contribution in [2.24, 2.45) is 0 Å². The van der Waals surface area contributed by atoms with Gasteiger partial charge in [0, 0.05) is 0 Å². The predicted octanol–water partition coefficient (Wildman–Crippen LogP) is 0.720. The van der Waals surface area contributed by atoms with Gasteiger partial charge in [0.05, 0.1) is 12.2 Å². The van der Waals surface area contributed by atoms with Crippen molar-refractivity contribution in [2.45, 2.75) is 37.9 Å². The van der Waals surface area contributed by atoms with Crippen LogP contribution in [0.5, 0.6) is 0 Å². The standard InChI is InChI=1S/C6H11O2/c7-5-1-2-6(8)4-3-5/h5-7H,1-4H2/t5-,6-. The molecule has 0 heterocycles. The molecule has 0 aromatic heterocycles. The van der Waals surface area contributed by atoms with Crippen LogP contribution in [0.15, 0.2) is 0 Å². The van der Waals surface area contributed by atoms with Crippen LogP contribution in [0, 0.1) is 0 Å². The summed E-state index contributed by atoms with van der Waals surface area (Å²) in [6.45, 7) is 0. The van der Waals surface area contributed by atoms with Gasteiger partial charge in [-0.15, -0.1) is 0 Å². The molecular weight excluding hydrogens is 104 g/mol. The molecule has 1 aliphatic rings. The molecule has 8 heavy (non-hydrogen) atoms. The molecule has 0 aromatic rings. The van der Waals surface area contributed by atoms with E-state index in [9.17, 15) is 5.11 Å². The topological polar surface area (TPSA) is 40.1 Å². The van der Waals surface area contributed by atoms with E-state index in [0.29, 0.717) is 25.7 Å². The lowest BCUT2D eigenvalue weighted by atomic mass is 9.95. The molecule has 0 aliphatic heterocycles. The minimum atomic E-state index is -0.390. The lowest BCUT2D eigenvalue weighted by molar-refractivity contribution is 0.0128. The zero-order chi connectivity index (χ0) is 5.98. The fourth-order valence-electron chi connectivity index (χ4n) is 1.05. The van der Waals surface area contributed by atoms with E-state index in [1.807, 2.05) is 0 Å². The van der Waals surface area contributed by atoms with E-state index in [1.54, 1.807) is 0 Å². The van der Waals surface area contributed by atoms with E-state index in [4.69, 9.17) is 5.11 Å². The molecule has 1 aliphatic carbocycles. The molecule has 0 aromatic carbocycles. The molecule has 1 radical (unpaired) electrons. The van der Waals surface area contributed by atoms with Gasteiger partial charge in [-0.2, -0.15) is 0 Å². The van der Waals surface area contributed by atoms with Gasteiger partial charge < -0.3 is 5.11 Å². The molecular formula is C6H11O2. The van der Waals surface area contributed by atoms with E-state index < -0.39 is 6.10 Å². The summed E-state index contributed by atoms with van der Waals surface area (Å²) in [6.07, 6.45) is 2.20. The summed E-state index contributed by atoms with van der Waals surface area (Å²) in [6, 6.07) is 0. The molecule has 0 saturated heterocycles. The van der Waals surface area contributed by atoms with Crippen molar-refractivity contribution in [1.29, 1.82) is 0 Å². The van der Waals surface area contributed by atoms with E-state index in [-0.39, 0.29) is 6.10 Å². The normalized spacial score (nSPS) is 39.8. The highest BCUT2D eigenvalue weighted by atomic mass is 16.3. The third kappa shape index (κ3) is 1.46. The Labute approximate surface area is 49.1 Å². The van der Waals surface area contributed by atoms with Crippen molar-refractivity contribution >= 4 is 0 Å². The molecule has 1 rings (SSSR count). The summed E-state index contributed by atoms with van der Waals surface area (Å²) in [5.41, 5.74) is 0. The lowest BCUT2D eigenvalue weighted by Crippen LogP contribution is -2.20. The van der Waals surface area contributed by atoms with Gasteiger partial charge >= 0.3 is 0 Å². The first-order valence-corrected chi connectivity index (χ1v) is 3.13. The van der Waals surface area contributed by atoms with Gasteiger partial charge in [-0.3, -0.25) is 0 Å². The summed E-state index contributed by atoms with van der Waals surface area (Å²) in [5.74, 6) is 0. The van der Waals surface area contributed by atoms with Crippen molar-refractivity contribution < 1.29 is 10.2 Å². The van der Waals surface area contributed by atoms with Crippen molar-refractivity contribution in [2.75, 3.05) is 0 Å². The SMILES string of the molecule is [O][C@H]1CC[C@H](O)CC1. The second kappa shape index (κ2) is 2.46. The Hall–Kier alpha value is -0.0800. The number of aliphatic hydroxyl groups is 1. The number of aliphatic hydroxyl groups excluding tert-OH is 1. The number of hydrogen-bond acceptors (Lipinski definition) is 1. The lowest BCUT2D eigenvalue weighted by Gasteiger charge is -2.18. The van der Waals surface area contributed by atoms with Gasteiger partial charge in [0.1, 0.15) is 0 Å². The molecule has 1 saturated carbocycles. The minimum absolute atomic E-state index is 0.180. The summed E-state index contributed by atoms with van der Waals surface area (Å²) in [4.78, 5) is 0. The van der Waals surface area contributed by atoms with Crippen LogP contribution in [-0.4, -0.2) is 17.3 Å². The third-order valence-corrected chi connectivity index (χ3v) is 1.64. The first-order valence-electron chi connectivity index (χ1n) is 3.13. The van der Waals surface area contributed by atoms with Crippen LogP contribution >= 0.6 is 0 Å². The molecule has 0 spiro atoms. The summed E-state index contributed by atoms with van der Waals surface area (Å²) in [5, 5.41) is 19.5. The van der Waals surface area contributed by atoms with Crippen molar-refractivity contribution in [1.82, 2.24) is 0 Å². The first kappa shape index (κ1) is 6.05. The van der Waals surface area contributed by atoms with Crippen LogP contribution in [0.4, 0.5) is 0 Å².